The molecule has 7 heteroatoms. The largest absolute Gasteiger partial charge is 0.505 e. The molecule has 5 nitrogen and oxygen atoms in total. The van der Waals surface area contributed by atoms with Crippen molar-refractivity contribution in [2.75, 3.05) is 5.32 Å². The first-order chi connectivity index (χ1) is 13.0. The lowest BCUT2D eigenvalue weighted by molar-refractivity contribution is 0.103. The quantitative estimate of drug-likeness (QED) is 0.469. The molecule has 2 aromatic heterocycles. The molecule has 0 saturated heterocycles. The van der Waals surface area contributed by atoms with Crippen molar-refractivity contribution in [3.05, 3.63) is 80.1 Å². The molecule has 27 heavy (non-hydrogen) atoms. The lowest BCUT2D eigenvalue weighted by atomic mass is 10.1. The van der Waals surface area contributed by atoms with Gasteiger partial charge in [0.05, 0.1) is 10.6 Å². The van der Waals surface area contributed by atoms with Crippen LogP contribution in [0, 0.1) is 0 Å². The van der Waals surface area contributed by atoms with E-state index in [9.17, 15) is 14.7 Å². The molecule has 4 aromatic rings. The van der Waals surface area contributed by atoms with Gasteiger partial charge in [0.15, 0.2) is 11.2 Å². The predicted octanol–water partition coefficient (Wildman–Crippen LogP) is 5.13. The number of amides is 1. The number of halogens is 1. The van der Waals surface area contributed by atoms with Crippen molar-refractivity contribution in [1.82, 2.24) is 0 Å². The van der Waals surface area contributed by atoms with Crippen LogP contribution >= 0.6 is 22.9 Å². The monoisotopic (exact) mass is 397 g/mol. The van der Waals surface area contributed by atoms with Crippen LogP contribution in [-0.2, 0) is 0 Å². The summed E-state index contributed by atoms with van der Waals surface area (Å²) in [5, 5.41) is 15.4. The zero-order chi connectivity index (χ0) is 19.0. The van der Waals surface area contributed by atoms with Crippen LogP contribution in [0.25, 0.3) is 22.3 Å². The van der Waals surface area contributed by atoms with Crippen molar-refractivity contribution in [3.8, 4) is 17.1 Å². The van der Waals surface area contributed by atoms with Crippen molar-refractivity contribution < 1.29 is 14.3 Å². The van der Waals surface area contributed by atoms with Crippen LogP contribution in [0.15, 0.2) is 69.2 Å². The molecule has 0 unspecified atom stereocenters. The Bertz CT molecular complexity index is 1210. The van der Waals surface area contributed by atoms with Gasteiger partial charge in [-0.25, -0.2) is 0 Å². The second-order valence-corrected chi connectivity index (χ2v) is 7.14. The highest BCUT2D eigenvalue weighted by Gasteiger charge is 2.16. The Hall–Kier alpha value is -3.09. The molecule has 0 aliphatic heterocycles. The van der Waals surface area contributed by atoms with Gasteiger partial charge in [0.25, 0.3) is 5.91 Å². The van der Waals surface area contributed by atoms with Gasteiger partial charge in [0.2, 0.25) is 0 Å². The zero-order valence-corrected chi connectivity index (χ0v) is 15.3. The van der Waals surface area contributed by atoms with Gasteiger partial charge >= 0.3 is 0 Å². The van der Waals surface area contributed by atoms with Crippen molar-refractivity contribution in [2.24, 2.45) is 0 Å². The van der Waals surface area contributed by atoms with Crippen molar-refractivity contribution >= 4 is 45.5 Å². The second kappa shape index (κ2) is 6.90. The van der Waals surface area contributed by atoms with E-state index in [0.717, 1.165) is 0 Å². The normalized spacial score (nSPS) is 10.9. The number of carbonyl (C=O) groups is 1. The van der Waals surface area contributed by atoms with E-state index in [4.69, 9.17) is 16.0 Å². The summed E-state index contributed by atoms with van der Waals surface area (Å²) < 4.78 is 5.77. The molecule has 0 fully saturated rings. The van der Waals surface area contributed by atoms with E-state index < -0.39 is 5.43 Å². The molecule has 0 aliphatic rings. The van der Waals surface area contributed by atoms with Crippen LogP contribution in [-0.4, -0.2) is 11.0 Å². The molecule has 0 aliphatic carbocycles. The van der Waals surface area contributed by atoms with Gasteiger partial charge in [-0.3, -0.25) is 9.59 Å². The van der Waals surface area contributed by atoms with Crippen LogP contribution in [0.3, 0.4) is 0 Å². The highest BCUT2D eigenvalue weighted by molar-refractivity contribution is 7.12. The third-order valence-corrected chi connectivity index (χ3v) is 5.07. The minimum Gasteiger partial charge on any atom is -0.505 e. The number of aromatic hydroxyl groups is 1. The Morgan fingerprint density at radius 1 is 1.11 bits per heavy atom. The van der Waals surface area contributed by atoms with E-state index in [2.05, 4.69) is 5.32 Å². The summed E-state index contributed by atoms with van der Waals surface area (Å²) in [5.74, 6) is -0.354. The number of anilines is 1. The molecule has 0 saturated carbocycles. The molecule has 0 atom stereocenters. The van der Waals surface area contributed by atoms with Gasteiger partial charge in [-0.2, -0.15) is 0 Å². The predicted molar refractivity (Wildman–Crippen MR) is 107 cm³/mol. The zero-order valence-electron chi connectivity index (χ0n) is 13.7. The van der Waals surface area contributed by atoms with Crippen molar-refractivity contribution in [3.63, 3.8) is 0 Å². The third-order valence-electron chi connectivity index (χ3n) is 3.97. The average molecular weight is 398 g/mol. The lowest BCUT2D eigenvalue weighted by Crippen LogP contribution is -2.11. The Morgan fingerprint density at radius 2 is 1.96 bits per heavy atom. The highest BCUT2D eigenvalue weighted by Crippen LogP contribution is 2.33. The van der Waals surface area contributed by atoms with E-state index in [1.165, 1.54) is 29.5 Å². The molecule has 2 heterocycles. The van der Waals surface area contributed by atoms with Gasteiger partial charge in [0, 0.05) is 16.7 Å². The number of benzene rings is 2. The number of nitrogens with one attached hydrogen (secondary N) is 1. The summed E-state index contributed by atoms with van der Waals surface area (Å²) in [6, 6.07) is 14.7. The second-order valence-electron chi connectivity index (χ2n) is 5.75. The molecule has 2 aromatic carbocycles. The number of thiophene rings is 1. The molecule has 4 rings (SSSR count). The maximum Gasteiger partial charge on any atom is 0.265 e. The maximum atomic E-state index is 12.6. The van der Waals surface area contributed by atoms with E-state index in [1.54, 1.807) is 41.8 Å². The number of rotatable bonds is 3. The summed E-state index contributed by atoms with van der Waals surface area (Å²) in [5.41, 5.74) is 0.583. The molecular weight excluding hydrogens is 386 g/mol. The molecule has 0 bridgehead atoms. The first-order valence-electron chi connectivity index (χ1n) is 7.93. The molecule has 1 amide bonds. The van der Waals surface area contributed by atoms with Gasteiger partial charge in [-0.1, -0.05) is 29.8 Å². The first-order valence-corrected chi connectivity index (χ1v) is 9.19. The number of hydrogen-bond donors (Lipinski definition) is 2. The van der Waals surface area contributed by atoms with E-state index in [-0.39, 0.29) is 28.3 Å². The first kappa shape index (κ1) is 17.3. The fraction of sp³-hybridized carbons (Fsp3) is 0. The SMILES string of the molecule is O=C(Nc1ccc2oc(-c3cccc(Cl)c3)cc(=O)c2c1O)c1cccs1. The van der Waals surface area contributed by atoms with Crippen LogP contribution in [0.4, 0.5) is 5.69 Å². The van der Waals surface area contributed by atoms with Gasteiger partial charge in [0.1, 0.15) is 16.7 Å². The molecule has 0 spiro atoms. The summed E-state index contributed by atoms with van der Waals surface area (Å²) >= 11 is 7.27. The average Bonchev–Trinajstić information content (AvgIpc) is 3.18. The van der Waals surface area contributed by atoms with Crippen LogP contribution < -0.4 is 10.7 Å². The third kappa shape index (κ3) is 3.32. The van der Waals surface area contributed by atoms with Gasteiger partial charge in [-0.15, -0.1) is 11.3 Å². The Morgan fingerprint density at radius 3 is 2.70 bits per heavy atom. The summed E-state index contributed by atoms with van der Waals surface area (Å²) in [7, 11) is 0. The number of fused-ring (bicyclic) bond motifs is 1. The molecular formula is C20H12ClNO4S. The summed E-state index contributed by atoms with van der Waals surface area (Å²) in [4.78, 5) is 25.3. The van der Waals surface area contributed by atoms with Crippen molar-refractivity contribution in [1.29, 1.82) is 0 Å². The highest BCUT2D eigenvalue weighted by atomic mass is 35.5. The van der Waals surface area contributed by atoms with E-state index in [1.807, 2.05) is 0 Å². The standard InChI is InChI=1S/C20H12ClNO4S/c21-12-4-1-3-11(9-12)16-10-14(23)18-15(26-16)7-6-13(19(18)24)22-20(25)17-5-2-8-27-17/h1-10,24H,(H,22,25). The minimum absolute atomic E-state index is 0.00441. The number of phenolic OH excluding ortho intramolecular Hbond substituents is 1. The number of carbonyl (C=O) groups excluding carboxylic acids is 1. The van der Waals surface area contributed by atoms with E-state index in [0.29, 0.717) is 21.2 Å². The van der Waals surface area contributed by atoms with E-state index >= 15 is 0 Å². The molecule has 0 radical (unpaired) electrons. The molecule has 134 valence electrons. The van der Waals surface area contributed by atoms with Crippen molar-refractivity contribution in [2.45, 2.75) is 0 Å². The Labute approximate surface area is 162 Å². The maximum absolute atomic E-state index is 12.6. The number of hydrogen-bond acceptors (Lipinski definition) is 5. The van der Waals surface area contributed by atoms with Crippen LogP contribution in [0.1, 0.15) is 9.67 Å². The fourth-order valence-electron chi connectivity index (χ4n) is 2.71. The smallest absolute Gasteiger partial charge is 0.265 e. The van der Waals surface area contributed by atoms with Gasteiger partial charge in [-0.05, 0) is 35.7 Å². The summed E-state index contributed by atoms with van der Waals surface area (Å²) in [6.07, 6.45) is 0. The Kier molecular flexibility index (Phi) is 4.43. The molecule has 2 N–H and O–H groups in total. The summed E-state index contributed by atoms with van der Waals surface area (Å²) in [6.45, 7) is 0. The fourth-order valence-corrected chi connectivity index (χ4v) is 3.52. The Balaban J connectivity index is 1.77. The van der Waals surface area contributed by atoms with Crippen LogP contribution in [0.5, 0.6) is 5.75 Å². The van der Waals surface area contributed by atoms with Crippen LogP contribution in [0.2, 0.25) is 5.02 Å². The lowest BCUT2D eigenvalue weighted by Gasteiger charge is -2.09. The minimum atomic E-state index is -0.420. The topological polar surface area (TPSA) is 79.5 Å². The number of phenols is 1. The van der Waals surface area contributed by atoms with Gasteiger partial charge < -0.3 is 14.8 Å².